The SMILES string of the molecule is CCCCN(Cc1ccc(/C(N)=N/O)c(OC)c1)C1CC1. The molecule has 21 heavy (non-hydrogen) atoms. The third kappa shape index (κ3) is 4.11. The van der Waals surface area contributed by atoms with Gasteiger partial charge in [-0.3, -0.25) is 4.90 Å². The van der Waals surface area contributed by atoms with E-state index in [0.29, 0.717) is 11.3 Å². The summed E-state index contributed by atoms with van der Waals surface area (Å²) in [5, 5.41) is 11.8. The molecule has 1 aromatic rings. The van der Waals surface area contributed by atoms with Gasteiger partial charge >= 0.3 is 0 Å². The van der Waals surface area contributed by atoms with E-state index >= 15 is 0 Å². The number of rotatable bonds is 8. The Balaban J connectivity index is 2.12. The molecule has 0 saturated heterocycles. The normalized spacial score (nSPS) is 15.5. The Bertz CT molecular complexity index is 498. The number of nitrogens with two attached hydrogens (primary N) is 1. The highest BCUT2D eigenvalue weighted by Gasteiger charge is 2.28. The van der Waals surface area contributed by atoms with Crippen LogP contribution in [0.5, 0.6) is 5.75 Å². The predicted molar refractivity (Wildman–Crippen MR) is 83.8 cm³/mol. The van der Waals surface area contributed by atoms with Gasteiger partial charge in [-0.1, -0.05) is 24.6 Å². The van der Waals surface area contributed by atoms with Crippen molar-refractivity contribution in [2.75, 3.05) is 13.7 Å². The lowest BCUT2D eigenvalue weighted by molar-refractivity contribution is 0.250. The molecule has 0 unspecified atom stereocenters. The molecule has 1 saturated carbocycles. The highest BCUT2D eigenvalue weighted by Crippen LogP contribution is 2.29. The predicted octanol–water partition coefficient (Wildman–Crippen LogP) is 2.55. The van der Waals surface area contributed by atoms with E-state index in [9.17, 15) is 0 Å². The zero-order valence-corrected chi connectivity index (χ0v) is 12.9. The second-order valence-electron chi connectivity index (χ2n) is 5.58. The molecule has 0 aromatic heterocycles. The van der Waals surface area contributed by atoms with Gasteiger partial charge in [0, 0.05) is 12.6 Å². The Morgan fingerprint density at radius 3 is 2.81 bits per heavy atom. The quantitative estimate of drug-likeness (QED) is 0.334. The lowest BCUT2D eigenvalue weighted by Crippen LogP contribution is -2.26. The fraction of sp³-hybridized carbons (Fsp3) is 0.562. The number of amidine groups is 1. The van der Waals surface area contributed by atoms with E-state index in [2.05, 4.69) is 17.0 Å². The fourth-order valence-electron chi connectivity index (χ4n) is 2.53. The van der Waals surface area contributed by atoms with Gasteiger partial charge < -0.3 is 15.7 Å². The van der Waals surface area contributed by atoms with Crippen LogP contribution in [0.3, 0.4) is 0 Å². The minimum atomic E-state index is 0.0726. The van der Waals surface area contributed by atoms with E-state index in [1.54, 1.807) is 7.11 Å². The van der Waals surface area contributed by atoms with Crippen molar-refractivity contribution in [3.8, 4) is 5.75 Å². The molecule has 5 heteroatoms. The monoisotopic (exact) mass is 291 g/mol. The van der Waals surface area contributed by atoms with Gasteiger partial charge in [-0.2, -0.15) is 0 Å². The highest BCUT2D eigenvalue weighted by atomic mass is 16.5. The van der Waals surface area contributed by atoms with Crippen LogP contribution in [0.1, 0.15) is 43.7 Å². The third-order valence-corrected chi connectivity index (χ3v) is 3.90. The van der Waals surface area contributed by atoms with Crippen LogP contribution in [0, 0.1) is 0 Å². The van der Waals surface area contributed by atoms with E-state index in [1.165, 1.54) is 31.2 Å². The van der Waals surface area contributed by atoms with Crippen LogP contribution < -0.4 is 10.5 Å². The third-order valence-electron chi connectivity index (χ3n) is 3.90. The molecular formula is C16H25N3O2. The number of nitrogens with zero attached hydrogens (tertiary/aromatic N) is 2. The summed E-state index contributed by atoms with van der Waals surface area (Å²) in [4.78, 5) is 2.54. The summed E-state index contributed by atoms with van der Waals surface area (Å²) in [5.74, 6) is 0.720. The van der Waals surface area contributed by atoms with Crippen LogP contribution in [0.4, 0.5) is 0 Å². The van der Waals surface area contributed by atoms with Gasteiger partial charge in [-0.25, -0.2) is 0 Å². The van der Waals surface area contributed by atoms with Crippen molar-refractivity contribution in [3.05, 3.63) is 29.3 Å². The molecule has 0 aliphatic heterocycles. The van der Waals surface area contributed by atoms with Crippen LogP contribution in [0.2, 0.25) is 0 Å². The van der Waals surface area contributed by atoms with Crippen molar-refractivity contribution in [1.82, 2.24) is 4.90 Å². The Hall–Kier alpha value is -1.75. The lowest BCUT2D eigenvalue weighted by Gasteiger charge is -2.22. The van der Waals surface area contributed by atoms with Gasteiger partial charge in [0.25, 0.3) is 0 Å². The van der Waals surface area contributed by atoms with E-state index in [1.807, 2.05) is 18.2 Å². The summed E-state index contributed by atoms with van der Waals surface area (Å²) in [5.41, 5.74) is 7.47. The summed E-state index contributed by atoms with van der Waals surface area (Å²) in [6, 6.07) is 6.60. The molecule has 116 valence electrons. The molecule has 1 fully saturated rings. The molecule has 0 heterocycles. The number of benzene rings is 1. The first kappa shape index (κ1) is 15.6. The number of oxime groups is 1. The standard InChI is InChI=1S/C16H25N3O2/c1-3-4-9-19(13-6-7-13)11-12-5-8-14(16(17)18-20)15(10-12)21-2/h5,8,10,13,20H,3-4,6-7,9,11H2,1-2H3,(H2,17,18). The van der Waals surface area contributed by atoms with Gasteiger partial charge in [-0.05, 0) is 43.5 Å². The van der Waals surface area contributed by atoms with E-state index < -0.39 is 0 Å². The van der Waals surface area contributed by atoms with E-state index in [0.717, 1.165) is 19.1 Å². The highest BCUT2D eigenvalue weighted by molar-refractivity contribution is 5.99. The number of ether oxygens (including phenoxy) is 1. The summed E-state index contributed by atoms with van der Waals surface area (Å²) >= 11 is 0. The second kappa shape index (κ2) is 7.31. The Morgan fingerprint density at radius 2 is 2.24 bits per heavy atom. The van der Waals surface area contributed by atoms with E-state index in [4.69, 9.17) is 15.7 Å². The number of methoxy groups -OCH3 is 1. The topological polar surface area (TPSA) is 71.1 Å². The van der Waals surface area contributed by atoms with Gasteiger partial charge in [0.2, 0.25) is 0 Å². The molecule has 0 atom stereocenters. The first-order valence-electron chi connectivity index (χ1n) is 7.58. The van der Waals surface area contributed by atoms with Crippen LogP contribution in [-0.4, -0.2) is 35.6 Å². The summed E-state index contributed by atoms with van der Waals surface area (Å²) in [7, 11) is 1.60. The second-order valence-corrected chi connectivity index (χ2v) is 5.58. The molecule has 1 aromatic carbocycles. The first-order valence-corrected chi connectivity index (χ1v) is 7.58. The van der Waals surface area contributed by atoms with Gasteiger partial charge in [-0.15, -0.1) is 0 Å². The fourth-order valence-corrected chi connectivity index (χ4v) is 2.53. The first-order chi connectivity index (χ1) is 10.2. The number of hydrogen-bond donors (Lipinski definition) is 2. The average molecular weight is 291 g/mol. The maximum Gasteiger partial charge on any atom is 0.173 e. The maximum absolute atomic E-state index is 8.80. The molecule has 0 bridgehead atoms. The van der Waals surface area contributed by atoms with Gasteiger partial charge in [0.1, 0.15) is 5.75 Å². The van der Waals surface area contributed by atoms with Crippen molar-refractivity contribution in [3.63, 3.8) is 0 Å². The van der Waals surface area contributed by atoms with Crippen molar-refractivity contribution >= 4 is 5.84 Å². The summed E-state index contributed by atoms with van der Waals surface area (Å²) in [6.07, 6.45) is 5.07. The Morgan fingerprint density at radius 1 is 1.48 bits per heavy atom. The van der Waals surface area contributed by atoms with Crippen molar-refractivity contribution in [2.45, 2.75) is 45.2 Å². The molecule has 2 rings (SSSR count). The van der Waals surface area contributed by atoms with E-state index in [-0.39, 0.29) is 5.84 Å². The molecule has 0 spiro atoms. The van der Waals surface area contributed by atoms with Crippen molar-refractivity contribution < 1.29 is 9.94 Å². The molecule has 1 aliphatic rings. The smallest absolute Gasteiger partial charge is 0.173 e. The van der Waals surface area contributed by atoms with Crippen LogP contribution in [-0.2, 0) is 6.54 Å². The minimum Gasteiger partial charge on any atom is -0.496 e. The van der Waals surface area contributed by atoms with Crippen LogP contribution in [0.15, 0.2) is 23.4 Å². The molecule has 0 radical (unpaired) electrons. The van der Waals surface area contributed by atoms with Crippen molar-refractivity contribution in [2.24, 2.45) is 10.9 Å². The Labute approximate surface area is 126 Å². The van der Waals surface area contributed by atoms with Crippen LogP contribution >= 0.6 is 0 Å². The number of hydrogen-bond acceptors (Lipinski definition) is 4. The molecule has 3 N–H and O–H groups in total. The van der Waals surface area contributed by atoms with Gasteiger partial charge in [0.15, 0.2) is 5.84 Å². The molecule has 0 amide bonds. The summed E-state index contributed by atoms with van der Waals surface area (Å²) < 4.78 is 5.36. The zero-order chi connectivity index (χ0) is 15.2. The molecule has 5 nitrogen and oxygen atoms in total. The summed E-state index contributed by atoms with van der Waals surface area (Å²) in [6.45, 7) is 4.29. The van der Waals surface area contributed by atoms with Crippen molar-refractivity contribution in [1.29, 1.82) is 0 Å². The van der Waals surface area contributed by atoms with Crippen LogP contribution in [0.25, 0.3) is 0 Å². The molecule has 1 aliphatic carbocycles. The Kier molecular flexibility index (Phi) is 5.44. The lowest BCUT2D eigenvalue weighted by atomic mass is 10.1. The maximum atomic E-state index is 8.80. The largest absolute Gasteiger partial charge is 0.496 e. The molecular weight excluding hydrogens is 266 g/mol. The average Bonchev–Trinajstić information content (AvgIpc) is 3.35. The number of unbranched alkanes of at least 4 members (excludes halogenated alkanes) is 1. The minimum absolute atomic E-state index is 0.0726. The van der Waals surface area contributed by atoms with Gasteiger partial charge in [0.05, 0.1) is 12.7 Å². The zero-order valence-electron chi connectivity index (χ0n) is 12.9.